The molecule has 0 radical (unpaired) electrons. The molecule has 170 valence electrons. The molecular weight excluding hydrogens is 400 g/mol. The van der Waals surface area contributed by atoms with Crippen LogP contribution in [0.3, 0.4) is 0 Å². The van der Waals surface area contributed by atoms with Crippen LogP contribution in [-0.4, -0.2) is 16.3 Å². The van der Waals surface area contributed by atoms with E-state index >= 15 is 0 Å². The third-order valence-corrected chi connectivity index (χ3v) is 8.05. The van der Waals surface area contributed by atoms with Gasteiger partial charge in [0.25, 0.3) is 0 Å². The van der Waals surface area contributed by atoms with E-state index in [1.807, 2.05) is 0 Å². The van der Waals surface area contributed by atoms with Gasteiger partial charge in [-0.05, 0) is 36.3 Å². The molecule has 2 heterocycles. The van der Waals surface area contributed by atoms with Crippen molar-refractivity contribution in [3.05, 3.63) is 121 Å². The standard InChI is InChI=1S/C31H36N2/c1-22-29-20-30(23(2)32(22)21-26-14-8-5-9-15-26)25(4)33(24(29)3)31(27-16-10-6-11-17-27)28-18-12-7-13-19-28/h6-7,10-13,16-19,26,29-31H,1-5,8-9,14-15,20-21H2. The van der Waals surface area contributed by atoms with Gasteiger partial charge in [0, 0.05) is 41.2 Å². The number of hydrogen-bond acceptors (Lipinski definition) is 2. The van der Waals surface area contributed by atoms with Crippen molar-refractivity contribution < 1.29 is 0 Å². The highest BCUT2D eigenvalue weighted by Gasteiger charge is 2.45. The number of rotatable bonds is 5. The monoisotopic (exact) mass is 436 g/mol. The van der Waals surface area contributed by atoms with Crippen LogP contribution >= 0.6 is 0 Å². The van der Waals surface area contributed by atoms with E-state index in [1.54, 1.807) is 0 Å². The van der Waals surface area contributed by atoms with Crippen molar-refractivity contribution in [2.75, 3.05) is 6.54 Å². The number of fused-ring (bicyclic) bond motifs is 2. The normalized spacial score (nSPS) is 24.0. The SMILES string of the molecule is C=C1C2CC(C(=C)N1CC1CCCCC1)C(=C)N(C(c1ccccc1)c1ccccc1)C2=C. The van der Waals surface area contributed by atoms with Crippen molar-refractivity contribution in [1.29, 1.82) is 0 Å². The van der Waals surface area contributed by atoms with Gasteiger partial charge in [0.05, 0.1) is 6.04 Å². The number of likely N-dealkylation sites (tertiary alicyclic amines) is 2. The molecule has 2 nitrogen and oxygen atoms in total. The van der Waals surface area contributed by atoms with Crippen molar-refractivity contribution in [2.24, 2.45) is 17.8 Å². The first-order valence-corrected chi connectivity index (χ1v) is 12.5. The predicted molar refractivity (Wildman–Crippen MR) is 138 cm³/mol. The van der Waals surface area contributed by atoms with Crippen LogP contribution < -0.4 is 0 Å². The van der Waals surface area contributed by atoms with E-state index < -0.39 is 0 Å². The largest absolute Gasteiger partial charge is 0.348 e. The van der Waals surface area contributed by atoms with E-state index in [1.165, 1.54) is 54.6 Å². The summed E-state index contributed by atoms with van der Waals surface area (Å²) in [5.74, 6) is 1.19. The lowest BCUT2D eigenvalue weighted by Gasteiger charge is -2.54. The molecule has 2 aromatic rings. The van der Waals surface area contributed by atoms with Gasteiger partial charge in [0.1, 0.15) is 0 Å². The van der Waals surface area contributed by atoms with Gasteiger partial charge in [0.15, 0.2) is 0 Å². The Labute approximate surface area is 199 Å². The minimum Gasteiger partial charge on any atom is -0.348 e. The lowest BCUT2D eigenvalue weighted by Crippen LogP contribution is -2.48. The number of piperidine rings is 2. The van der Waals surface area contributed by atoms with Gasteiger partial charge in [0.2, 0.25) is 0 Å². The molecule has 0 amide bonds. The minimum atomic E-state index is 0.0446. The highest BCUT2D eigenvalue weighted by atomic mass is 15.3. The molecule has 0 N–H and O–H groups in total. The average molecular weight is 437 g/mol. The summed E-state index contributed by atoms with van der Waals surface area (Å²) in [5, 5.41) is 0. The van der Waals surface area contributed by atoms with Gasteiger partial charge in [-0.15, -0.1) is 0 Å². The van der Waals surface area contributed by atoms with E-state index in [0.717, 1.165) is 30.3 Å². The van der Waals surface area contributed by atoms with Gasteiger partial charge in [-0.2, -0.15) is 0 Å². The molecule has 2 aliphatic heterocycles. The van der Waals surface area contributed by atoms with Crippen molar-refractivity contribution in [1.82, 2.24) is 9.80 Å². The van der Waals surface area contributed by atoms with Crippen molar-refractivity contribution in [3.8, 4) is 0 Å². The van der Waals surface area contributed by atoms with E-state index in [9.17, 15) is 0 Å². The zero-order chi connectivity index (χ0) is 22.9. The van der Waals surface area contributed by atoms with E-state index in [-0.39, 0.29) is 17.9 Å². The Bertz CT molecular complexity index is 971. The zero-order valence-corrected chi connectivity index (χ0v) is 19.8. The first-order valence-electron chi connectivity index (χ1n) is 12.5. The van der Waals surface area contributed by atoms with Crippen LogP contribution in [0.1, 0.15) is 55.7 Å². The highest BCUT2D eigenvalue weighted by Crippen LogP contribution is 2.52. The Balaban J connectivity index is 1.50. The smallest absolute Gasteiger partial charge is 0.0838 e. The summed E-state index contributed by atoms with van der Waals surface area (Å²) in [5.41, 5.74) is 7.07. The van der Waals surface area contributed by atoms with Crippen LogP contribution in [-0.2, 0) is 0 Å². The van der Waals surface area contributed by atoms with Crippen LogP contribution in [0.5, 0.6) is 0 Å². The van der Waals surface area contributed by atoms with Crippen molar-refractivity contribution >= 4 is 0 Å². The molecule has 3 aliphatic rings. The molecular formula is C31H36N2. The summed E-state index contributed by atoms with van der Waals surface area (Å²) in [7, 11) is 0. The fourth-order valence-electron chi connectivity index (χ4n) is 6.20. The second-order valence-corrected chi connectivity index (χ2v) is 10.0. The van der Waals surface area contributed by atoms with Crippen molar-refractivity contribution in [2.45, 2.75) is 44.6 Å². The third kappa shape index (κ3) is 3.97. The molecule has 2 saturated heterocycles. The molecule has 5 rings (SSSR count). The van der Waals surface area contributed by atoms with Gasteiger partial charge < -0.3 is 9.80 Å². The lowest BCUT2D eigenvalue weighted by molar-refractivity contribution is 0.154. The fraction of sp³-hybridized carbons (Fsp3) is 0.355. The summed E-state index contributed by atoms with van der Waals surface area (Å²) in [4.78, 5) is 4.82. The molecule has 2 bridgehead atoms. The lowest BCUT2D eigenvalue weighted by atomic mass is 9.75. The Hall–Kier alpha value is -3.00. The maximum absolute atomic E-state index is 4.64. The summed E-state index contributed by atoms with van der Waals surface area (Å²) in [6.07, 6.45) is 7.73. The Morgan fingerprint density at radius 3 is 1.64 bits per heavy atom. The van der Waals surface area contributed by atoms with Crippen LogP contribution in [0.2, 0.25) is 0 Å². The molecule has 2 aromatic carbocycles. The average Bonchev–Trinajstić information content (AvgIpc) is 2.85. The molecule has 0 spiro atoms. The molecule has 2 heteroatoms. The first-order chi connectivity index (χ1) is 16.1. The van der Waals surface area contributed by atoms with Gasteiger partial charge in [-0.3, -0.25) is 0 Å². The summed E-state index contributed by atoms with van der Waals surface area (Å²) >= 11 is 0. The van der Waals surface area contributed by atoms with E-state index in [0.29, 0.717) is 0 Å². The summed E-state index contributed by atoms with van der Waals surface area (Å²) in [6.45, 7) is 19.5. The number of hydrogen-bond donors (Lipinski definition) is 0. The molecule has 33 heavy (non-hydrogen) atoms. The van der Waals surface area contributed by atoms with E-state index in [4.69, 9.17) is 0 Å². The minimum absolute atomic E-state index is 0.0446. The van der Waals surface area contributed by atoms with Crippen LogP contribution in [0.4, 0.5) is 0 Å². The molecule has 1 aliphatic carbocycles. The van der Waals surface area contributed by atoms with Crippen LogP contribution in [0, 0.1) is 17.8 Å². The Morgan fingerprint density at radius 2 is 1.15 bits per heavy atom. The second kappa shape index (κ2) is 9.09. The first kappa shape index (κ1) is 21.8. The third-order valence-electron chi connectivity index (χ3n) is 8.05. The molecule has 2 unspecified atom stereocenters. The quantitative estimate of drug-likeness (QED) is 0.474. The topological polar surface area (TPSA) is 6.48 Å². The van der Waals surface area contributed by atoms with E-state index in [2.05, 4.69) is 96.8 Å². The van der Waals surface area contributed by atoms with Gasteiger partial charge in [-0.25, -0.2) is 0 Å². The zero-order valence-electron chi connectivity index (χ0n) is 19.8. The molecule has 2 atom stereocenters. The van der Waals surface area contributed by atoms with Gasteiger partial charge >= 0.3 is 0 Å². The predicted octanol–water partition coefficient (Wildman–Crippen LogP) is 7.66. The summed E-state index contributed by atoms with van der Waals surface area (Å²) in [6, 6.07) is 21.5. The molecule has 1 saturated carbocycles. The van der Waals surface area contributed by atoms with Crippen molar-refractivity contribution in [3.63, 3.8) is 0 Å². The molecule has 3 fully saturated rings. The van der Waals surface area contributed by atoms with Crippen LogP contribution in [0.15, 0.2) is 110 Å². The number of nitrogens with zero attached hydrogens (tertiary/aromatic N) is 2. The maximum atomic E-state index is 4.64. The molecule has 0 aromatic heterocycles. The van der Waals surface area contributed by atoms with Crippen LogP contribution in [0.25, 0.3) is 0 Å². The maximum Gasteiger partial charge on any atom is 0.0838 e. The van der Waals surface area contributed by atoms with Gasteiger partial charge in [-0.1, -0.05) is 106 Å². The Morgan fingerprint density at radius 1 is 0.667 bits per heavy atom. The Kier molecular flexibility index (Phi) is 6.01. The highest BCUT2D eigenvalue weighted by molar-refractivity contribution is 5.42. The summed E-state index contributed by atoms with van der Waals surface area (Å²) < 4.78 is 0. The fourth-order valence-corrected chi connectivity index (χ4v) is 6.20. The number of benzene rings is 2. The second-order valence-electron chi connectivity index (χ2n) is 10.0.